The number of rotatable bonds is 10. The minimum Gasteiger partial charge on any atom is -0.497 e. The maximum Gasteiger partial charge on any atom is 0.373 e. The quantitative estimate of drug-likeness (QED) is 0.0592. The van der Waals surface area contributed by atoms with E-state index < -0.39 is 29.6 Å². The number of benzene rings is 11. The van der Waals surface area contributed by atoms with E-state index in [-0.39, 0.29) is 46.3 Å². The molecule has 20 heteroatoms. The summed E-state index contributed by atoms with van der Waals surface area (Å²) in [5.74, 6) is -13.8. The van der Waals surface area contributed by atoms with Crippen LogP contribution in [0.1, 0.15) is 102 Å². The van der Waals surface area contributed by atoms with Gasteiger partial charge in [0.2, 0.25) is 6.54 Å². The second-order valence-electron chi connectivity index (χ2n) is 22.2. The van der Waals surface area contributed by atoms with E-state index in [4.69, 9.17) is 20.9 Å². The highest BCUT2D eigenvalue weighted by Gasteiger charge is 2.31. The van der Waals surface area contributed by atoms with E-state index in [1.54, 1.807) is 86.0 Å². The van der Waals surface area contributed by atoms with Crippen molar-refractivity contribution >= 4 is 158 Å². The van der Waals surface area contributed by atoms with Crippen LogP contribution in [-0.2, 0) is 45.7 Å². The monoisotopic (exact) mass is 1620 g/mol. The first-order valence-corrected chi connectivity index (χ1v) is 32.5. The highest BCUT2D eigenvalue weighted by molar-refractivity contribution is 9.11. The van der Waals surface area contributed by atoms with Crippen molar-refractivity contribution in [1.29, 1.82) is 0 Å². The second kappa shape index (κ2) is 32.5. The SMILES string of the molecule is CC(=O)c1ccc2cc(Br)c(C(C)(F)F)cc2c1.CC(F)(F)c1cc2cc(/C=C/c3ccccc3)ccc2cc1Br.COc1ccc2cc(Br)c(C(C)(F)F)cc2c1.Cc1ccc2cc(Br)c(C(C)(F)F)cc2c1.O=C=O.[C-]#[N+]Cc1ccc2cc(Br)c(C(C)(F)F)cc2c1. The topological polar surface area (TPSA) is 64.8 Å². The third kappa shape index (κ3) is 21.5. The van der Waals surface area contributed by atoms with Crippen LogP contribution in [0.2, 0.25) is 0 Å². The van der Waals surface area contributed by atoms with Crippen LogP contribution in [-0.4, -0.2) is 19.0 Å². The first-order chi connectivity index (χ1) is 44.3. The molecular weight excluding hydrogens is 1570 g/mol. The molecular formula is C75H58Br5F10NO4. The smallest absolute Gasteiger partial charge is 0.373 e. The van der Waals surface area contributed by atoms with Crippen LogP contribution >= 0.6 is 79.6 Å². The molecule has 0 fully saturated rings. The van der Waals surface area contributed by atoms with E-state index in [1.165, 1.54) is 25.1 Å². The lowest BCUT2D eigenvalue weighted by Crippen LogP contribution is -2.08. The molecule has 0 aromatic heterocycles. The molecule has 0 bridgehead atoms. The summed E-state index contributed by atoms with van der Waals surface area (Å²) in [5.41, 5.74) is 4.43. The van der Waals surface area contributed by atoms with Gasteiger partial charge in [0, 0.05) is 95.9 Å². The van der Waals surface area contributed by atoms with E-state index in [2.05, 4.69) is 84.5 Å². The van der Waals surface area contributed by atoms with Gasteiger partial charge in [-0.15, -0.1) is 0 Å². The fourth-order valence-electron chi connectivity index (χ4n) is 9.59. The molecule has 0 N–H and O–H groups in total. The van der Waals surface area contributed by atoms with E-state index in [0.29, 0.717) is 39.1 Å². The number of methoxy groups -OCH3 is 1. The maximum atomic E-state index is 13.7. The molecule has 0 aliphatic heterocycles. The van der Waals surface area contributed by atoms with Crippen LogP contribution in [0.3, 0.4) is 0 Å². The van der Waals surface area contributed by atoms with E-state index >= 15 is 0 Å². The van der Waals surface area contributed by atoms with Crippen molar-refractivity contribution < 1.29 is 63.0 Å². The van der Waals surface area contributed by atoms with Gasteiger partial charge < -0.3 is 9.58 Å². The number of Topliss-reactive ketones (excluding diaryl/α,β-unsaturated/α-hetero) is 1. The van der Waals surface area contributed by atoms with Gasteiger partial charge in [-0.1, -0.05) is 188 Å². The summed E-state index contributed by atoms with van der Waals surface area (Å²) in [6, 6.07) is 53.6. The summed E-state index contributed by atoms with van der Waals surface area (Å²) in [4.78, 5) is 30.8. The first-order valence-electron chi connectivity index (χ1n) is 28.5. The van der Waals surface area contributed by atoms with Crippen LogP contribution < -0.4 is 4.74 Å². The molecule has 0 radical (unpaired) electrons. The average molecular weight is 1630 g/mol. The molecule has 5 nitrogen and oxygen atoms in total. The zero-order chi connectivity index (χ0) is 70.5. The van der Waals surface area contributed by atoms with E-state index in [1.807, 2.05) is 104 Å². The Morgan fingerprint density at radius 3 is 1.16 bits per heavy atom. The molecule has 11 rings (SSSR count). The Kier molecular flexibility index (Phi) is 26.2. The molecule has 492 valence electrons. The van der Waals surface area contributed by atoms with Gasteiger partial charge in [-0.25, -0.2) is 50.5 Å². The van der Waals surface area contributed by atoms with Gasteiger partial charge in [-0.3, -0.25) is 4.79 Å². The standard InChI is InChI=1S/C20H15BrF2.C14H10BrF2N.C14H11BrF2O.C13H11BrF2O.C13H11BrF2.CO2/c1-20(22,23)18-12-17-11-15(9-10-16(17)13-19(18)21)8-7-14-5-3-2-4-6-14;1-14(16,17)12-6-11-5-9(8-18-2)3-4-10(11)7-13(12)15;1-8(18)9-3-4-10-7-13(15)12(14(2,16)17)6-11(10)5-9;1-13(15,16)11-6-9-5-10(17-2)4-3-8(9)7-12(11)14;1-8-3-4-9-7-12(14)11(13(2,15)16)6-10(9)5-8;2-1-3/h2-13H,1H3;3-7H,8H2,1H3;3-7H,1-2H3;3-7H,1-2H3;3-7H,1-2H3;/b8-7+;;;;;. The average Bonchev–Trinajstić information content (AvgIpc) is 0.867. The number of fused-ring (bicyclic) bond motifs is 5. The highest BCUT2D eigenvalue weighted by atomic mass is 79.9. The van der Waals surface area contributed by atoms with Crippen LogP contribution in [0.25, 0.3) is 70.9 Å². The number of carbonyl (C=O) groups is 1. The van der Waals surface area contributed by atoms with Gasteiger partial charge in [-0.05, 0) is 170 Å². The maximum absolute atomic E-state index is 13.7. The largest absolute Gasteiger partial charge is 0.497 e. The summed E-state index contributed by atoms with van der Waals surface area (Å²) in [6.45, 7) is 14.9. The number of carbonyl (C=O) groups excluding carboxylic acids is 3. The number of aryl methyl sites for hydroxylation is 1. The Bertz CT molecular complexity index is 4700. The molecule has 0 spiro atoms. The van der Waals surface area contributed by atoms with Gasteiger partial charge in [0.25, 0.3) is 29.6 Å². The number of nitrogens with zero attached hydrogens (tertiary/aromatic N) is 1. The predicted octanol–water partition coefficient (Wildman–Crippen LogP) is 26.1. The van der Waals surface area contributed by atoms with Crippen molar-refractivity contribution in [3.05, 3.63) is 271 Å². The number of halogens is 15. The minimum absolute atomic E-state index is 0.00851. The molecule has 0 aliphatic rings. The van der Waals surface area contributed by atoms with Crippen LogP contribution in [0.5, 0.6) is 5.75 Å². The molecule has 0 atom stereocenters. The Labute approximate surface area is 585 Å². The lowest BCUT2D eigenvalue weighted by molar-refractivity contribution is -0.191. The molecule has 0 aliphatic carbocycles. The Morgan fingerprint density at radius 1 is 0.432 bits per heavy atom. The molecule has 0 unspecified atom stereocenters. The lowest BCUT2D eigenvalue weighted by Gasteiger charge is -2.14. The number of ketones is 1. The van der Waals surface area contributed by atoms with Crippen molar-refractivity contribution in [2.24, 2.45) is 0 Å². The van der Waals surface area contributed by atoms with Gasteiger partial charge in [0.05, 0.1) is 7.11 Å². The third-order valence-corrected chi connectivity index (χ3v) is 17.7. The molecule has 11 aromatic rings. The number of hydrogen-bond donors (Lipinski definition) is 0. The van der Waals surface area contributed by atoms with Crippen molar-refractivity contribution in [3.8, 4) is 5.75 Å². The Hall–Kier alpha value is -7.50. The normalized spacial score (nSPS) is 11.6. The van der Waals surface area contributed by atoms with E-state index in [9.17, 15) is 48.7 Å². The Morgan fingerprint density at radius 2 is 0.768 bits per heavy atom. The Balaban J connectivity index is 0.000000187. The lowest BCUT2D eigenvalue weighted by atomic mass is 10.0. The molecule has 0 amide bonds. The number of hydrogen-bond acceptors (Lipinski definition) is 4. The van der Waals surface area contributed by atoms with Gasteiger partial charge >= 0.3 is 6.15 Å². The fourth-order valence-corrected chi connectivity index (χ4v) is 13.1. The van der Waals surface area contributed by atoms with Crippen molar-refractivity contribution in [2.75, 3.05) is 7.11 Å². The summed E-state index contributed by atoms with van der Waals surface area (Å²) < 4.78 is 141. The summed E-state index contributed by atoms with van der Waals surface area (Å²) in [7, 11) is 1.55. The summed E-state index contributed by atoms with van der Waals surface area (Å²) in [6.07, 6.45) is 4.25. The van der Waals surface area contributed by atoms with E-state index in [0.717, 1.165) is 105 Å². The van der Waals surface area contributed by atoms with Crippen molar-refractivity contribution in [1.82, 2.24) is 0 Å². The van der Waals surface area contributed by atoms with Crippen LogP contribution in [0.4, 0.5) is 43.9 Å². The number of alkyl halides is 10. The van der Waals surface area contributed by atoms with Crippen molar-refractivity contribution in [3.63, 3.8) is 0 Å². The minimum atomic E-state index is -2.92. The van der Waals surface area contributed by atoms with Crippen LogP contribution in [0.15, 0.2) is 204 Å². The summed E-state index contributed by atoms with van der Waals surface area (Å²) in [5, 5.41) is 8.25. The molecule has 11 aromatic carbocycles. The van der Waals surface area contributed by atoms with Gasteiger partial charge in [0.1, 0.15) is 5.75 Å². The number of ether oxygens (including phenoxy) is 1. The molecule has 0 heterocycles. The van der Waals surface area contributed by atoms with Gasteiger partial charge in [0.15, 0.2) is 5.78 Å². The zero-order valence-electron chi connectivity index (χ0n) is 51.9. The highest BCUT2D eigenvalue weighted by Crippen LogP contribution is 2.41. The molecule has 0 saturated carbocycles. The summed E-state index contributed by atoms with van der Waals surface area (Å²) >= 11 is 15.9. The second-order valence-corrected chi connectivity index (χ2v) is 26.5. The van der Waals surface area contributed by atoms with Gasteiger partial charge in [-0.2, -0.15) is 9.59 Å². The molecule has 0 saturated heterocycles. The predicted molar refractivity (Wildman–Crippen MR) is 378 cm³/mol. The third-order valence-electron chi connectivity index (χ3n) is 14.4. The fraction of sp³-hybridized carbons (Fsp3) is 0.187. The van der Waals surface area contributed by atoms with Crippen molar-refractivity contribution in [2.45, 2.75) is 84.6 Å². The molecule has 95 heavy (non-hydrogen) atoms. The first kappa shape index (κ1) is 76.5. The van der Waals surface area contributed by atoms with Crippen LogP contribution in [0, 0.1) is 13.5 Å². The zero-order valence-corrected chi connectivity index (χ0v) is 59.9.